The molecule has 3 heteroatoms. The average Bonchev–Trinajstić information content (AvgIpc) is 2.90. The van der Waals surface area contributed by atoms with Crippen molar-refractivity contribution in [3.05, 3.63) is 78.4 Å². The van der Waals surface area contributed by atoms with Gasteiger partial charge in [0.25, 0.3) is 0 Å². The summed E-state index contributed by atoms with van der Waals surface area (Å²) in [5, 5.41) is 0. The van der Waals surface area contributed by atoms with Gasteiger partial charge < -0.3 is 9.64 Å². The SMILES string of the molecule is C=CCN1CCC(=Cc2cccc(Oc3ccccc3)c2)C1=O. The van der Waals surface area contributed by atoms with Crippen LogP contribution in [0.1, 0.15) is 12.0 Å². The molecule has 1 aliphatic rings. The molecule has 1 aliphatic heterocycles. The molecule has 0 bridgehead atoms. The van der Waals surface area contributed by atoms with Crippen molar-refractivity contribution in [3.63, 3.8) is 0 Å². The van der Waals surface area contributed by atoms with E-state index in [-0.39, 0.29) is 5.91 Å². The molecule has 2 aromatic rings. The van der Waals surface area contributed by atoms with E-state index in [0.29, 0.717) is 6.54 Å². The van der Waals surface area contributed by atoms with Gasteiger partial charge in [-0.25, -0.2) is 0 Å². The van der Waals surface area contributed by atoms with E-state index in [2.05, 4.69) is 6.58 Å². The van der Waals surface area contributed by atoms with Gasteiger partial charge in [-0.1, -0.05) is 36.4 Å². The van der Waals surface area contributed by atoms with Crippen LogP contribution in [0.15, 0.2) is 72.8 Å². The second kappa shape index (κ2) is 6.97. The van der Waals surface area contributed by atoms with Gasteiger partial charge in [0.1, 0.15) is 11.5 Å². The number of amides is 1. The van der Waals surface area contributed by atoms with Crippen molar-refractivity contribution in [1.29, 1.82) is 0 Å². The zero-order valence-electron chi connectivity index (χ0n) is 12.9. The van der Waals surface area contributed by atoms with E-state index in [0.717, 1.165) is 35.6 Å². The molecule has 0 saturated carbocycles. The molecule has 1 saturated heterocycles. The number of rotatable bonds is 5. The topological polar surface area (TPSA) is 29.5 Å². The normalized spacial score (nSPS) is 15.9. The van der Waals surface area contributed by atoms with Crippen LogP contribution in [0.3, 0.4) is 0 Å². The molecular weight excluding hydrogens is 286 g/mol. The number of benzene rings is 2. The first-order chi connectivity index (χ1) is 11.3. The van der Waals surface area contributed by atoms with Crippen LogP contribution in [0.25, 0.3) is 6.08 Å². The third-order valence-electron chi connectivity index (χ3n) is 3.74. The molecule has 3 rings (SSSR count). The summed E-state index contributed by atoms with van der Waals surface area (Å²) >= 11 is 0. The summed E-state index contributed by atoms with van der Waals surface area (Å²) in [6.07, 6.45) is 4.48. The standard InChI is InChI=1S/C20H19NO2/c1-2-12-21-13-11-17(20(21)22)14-16-7-6-10-19(15-16)23-18-8-4-3-5-9-18/h2-10,14-15H,1,11-13H2. The van der Waals surface area contributed by atoms with Gasteiger partial charge in [0.2, 0.25) is 5.91 Å². The fraction of sp³-hybridized carbons (Fsp3) is 0.150. The van der Waals surface area contributed by atoms with Gasteiger partial charge in [-0.3, -0.25) is 4.79 Å². The Labute approximate surface area is 136 Å². The first kappa shape index (κ1) is 15.1. The Morgan fingerprint density at radius 3 is 2.65 bits per heavy atom. The Balaban J connectivity index is 1.77. The maximum atomic E-state index is 12.3. The maximum Gasteiger partial charge on any atom is 0.250 e. The van der Waals surface area contributed by atoms with Gasteiger partial charge >= 0.3 is 0 Å². The highest BCUT2D eigenvalue weighted by Crippen LogP contribution is 2.25. The van der Waals surface area contributed by atoms with Crippen molar-refractivity contribution in [2.24, 2.45) is 0 Å². The Morgan fingerprint density at radius 1 is 1.09 bits per heavy atom. The second-order valence-corrected chi connectivity index (χ2v) is 5.45. The van der Waals surface area contributed by atoms with Gasteiger partial charge in [-0.05, 0) is 42.3 Å². The van der Waals surface area contributed by atoms with E-state index in [1.807, 2.05) is 65.6 Å². The highest BCUT2D eigenvalue weighted by atomic mass is 16.5. The predicted molar refractivity (Wildman–Crippen MR) is 92.3 cm³/mol. The van der Waals surface area contributed by atoms with Crippen LogP contribution in [0.4, 0.5) is 0 Å². The number of likely N-dealkylation sites (tertiary alicyclic amines) is 1. The first-order valence-electron chi connectivity index (χ1n) is 7.70. The molecule has 0 unspecified atom stereocenters. The fourth-order valence-corrected chi connectivity index (χ4v) is 2.62. The molecule has 0 radical (unpaired) electrons. The van der Waals surface area contributed by atoms with Crippen molar-refractivity contribution in [1.82, 2.24) is 4.90 Å². The lowest BCUT2D eigenvalue weighted by Gasteiger charge is -2.11. The lowest BCUT2D eigenvalue weighted by Crippen LogP contribution is -2.24. The van der Waals surface area contributed by atoms with E-state index < -0.39 is 0 Å². The molecule has 0 N–H and O–H groups in total. The highest BCUT2D eigenvalue weighted by molar-refractivity contribution is 6.00. The quantitative estimate of drug-likeness (QED) is 0.609. The Morgan fingerprint density at radius 2 is 1.87 bits per heavy atom. The first-order valence-corrected chi connectivity index (χ1v) is 7.70. The molecule has 0 atom stereocenters. The molecular formula is C20H19NO2. The number of ether oxygens (including phenoxy) is 1. The number of hydrogen-bond donors (Lipinski definition) is 0. The molecule has 2 aromatic carbocycles. The summed E-state index contributed by atoms with van der Waals surface area (Å²) in [4.78, 5) is 14.1. The summed E-state index contributed by atoms with van der Waals surface area (Å²) in [5.74, 6) is 1.66. The van der Waals surface area contributed by atoms with Gasteiger partial charge in [0.15, 0.2) is 0 Å². The molecule has 116 valence electrons. The van der Waals surface area contributed by atoms with Crippen LogP contribution >= 0.6 is 0 Å². The minimum atomic E-state index is 0.0966. The van der Waals surface area contributed by atoms with Gasteiger partial charge in [0.05, 0.1) is 0 Å². The average molecular weight is 305 g/mol. The van der Waals surface area contributed by atoms with Crippen molar-refractivity contribution >= 4 is 12.0 Å². The van der Waals surface area contributed by atoms with Gasteiger partial charge in [-0.15, -0.1) is 6.58 Å². The summed E-state index contributed by atoms with van der Waals surface area (Å²) < 4.78 is 5.83. The number of para-hydroxylation sites is 1. The molecule has 0 aromatic heterocycles. The van der Waals surface area contributed by atoms with Crippen molar-refractivity contribution in [2.75, 3.05) is 13.1 Å². The van der Waals surface area contributed by atoms with E-state index in [9.17, 15) is 4.79 Å². The largest absolute Gasteiger partial charge is 0.457 e. The zero-order chi connectivity index (χ0) is 16.1. The second-order valence-electron chi connectivity index (χ2n) is 5.45. The van der Waals surface area contributed by atoms with Crippen LogP contribution in [0.2, 0.25) is 0 Å². The Kier molecular flexibility index (Phi) is 4.57. The Hall–Kier alpha value is -2.81. The summed E-state index contributed by atoms with van der Waals surface area (Å²) in [7, 11) is 0. The predicted octanol–water partition coefficient (Wildman–Crippen LogP) is 4.28. The van der Waals surface area contributed by atoms with Crippen molar-refractivity contribution in [2.45, 2.75) is 6.42 Å². The van der Waals surface area contributed by atoms with Gasteiger partial charge in [0, 0.05) is 18.7 Å². The third-order valence-corrected chi connectivity index (χ3v) is 3.74. The van der Waals surface area contributed by atoms with E-state index in [1.54, 1.807) is 6.08 Å². The van der Waals surface area contributed by atoms with Crippen molar-refractivity contribution in [3.8, 4) is 11.5 Å². The fourth-order valence-electron chi connectivity index (χ4n) is 2.62. The van der Waals surface area contributed by atoms with E-state index in [1.165, 1.54) is 0 Å². The monoisotopic (exact) mass is 305 g/mol. The van der Waals surface area contributed by atoms with Crippen LogP contribution in [0.5, 0.6) is 11.5 Å². The summed E-state index contributed by atoms with van der Waals surface area (Å²) in [5.41, 5.74) is 1.81. The molecule has 1 fully saturated rings. The minimum absolute atomic E-state index is 0.0966. The Bertz CT molecular complexity index is 734. The molecule has 0 spiro atoms. The summed E-state index contributed by atoms with van der Waals surface area (Å²) in [6, 6.07) is 17.4. The molecule has 23 heavy (non-hydrogen) atoms. The van der Waals surface area contributed by atoms with Crippen LogP contribution in [0, 0.1) is 0 Å². The van der Waals surface area contributed by atoms with Crippen LogP contribution in [-0.2, 0) is 4.79 Å². The maximum absolute atomic E-state index is 12.3. The van der Waals surface area contributed by atoms with Gasteiger partial charge in [-0.2, -0.15) is 0 Å². The third kappa shape index (κ3) is 3.69. The number of hydrogen-bond acceptors (Lipinski definition) is 2. The molecule has 1 heterocycles. The van der Waals surface area contributed by atoms with E-state index in [4.69, 9.17) is 4.74 Å². The van der Waals surface area contributed by atoms with Crippen LogP contribution in [-0.4, -0.2) is 23.9 Å². The highest BCUT2D eigenvalue weighted by Gasteiger charge is 2.24. The van der Waals surface area contributed by atoms with E-state index >= 15 is 0 Å². The zero-order valence-corrected chi connectivity index (χ0v) is 12.9. The lowest BCUT2D eigenvalue weighted by atomic mass is 10.1. The molecule has 1 amide bonds. The minimum Gasteiger partial charge on any atom is -0.457 e. The lowest BCUT2D eigenvalue weighted by molar-refractivity contribution is -0.124. The number of nitrogens with zero attached hydrogens (tertiary/aromatic N) is 1. The number of carbonyl (C=O) groups is 1. The molecule has 0 aliphatic carbocycles. The summed E-state index contributed by atoms with van der Waals surface area (Å²) in [6.45, 7) is 5.05. The number of carbonyl (C=O) groups excluding carboxylic acids is 1. The smallest absolute Gasteiger partial charge is 0.250 e. The molecule has 3 nitrogen and oxygen atoms in total. The van der Waals surface area contributed by atoms with Crippen LogP contribution < -0.4 is 4.74 Å². The van der Waals surface area contributed by atoms with Crippen molar-refractivity contribution < 1.29 is 9.53 Å².